The number of carbonyl (C=O) groups excluding carboxylic acids is 1. The monoisotopic (exact) mass is 295 g/mol. The molecule has 0 spiro atoms. The molecule has 1 aliphatic rings. The van der Waals surface area contributed by atoms with Gasteiger partial charge in [-0.1, -0.05) is 37.6 Å². The van der Waals surface area contributed by atoms with Crippen LogP contribution in [0, 0.1) is 17.3 Å². The van der Waals surface area contributed by atoms with Gasteiger partial charge in [0.05, 0.1) is 11.8 Å². The first kappa shape index (κ1) is 14.9. The summed E-state index contributed by atoms with van der Waals surface area (Å²) in [5.74, 6) is -2.06. The van der Waals surface area contributed by atoms with Gasteiger partial charge in [-0.05, 0) is 29.5 Å². The fraction of sp³-hybridized carbons (Fsp3) is 0.467. The Balaban J connectivity index is 1.82. The van der Waals surface area contributed by atoms with Gasteiger partial charge < -0.3 is 10.4 Å². The molecule has 0 saturated heterocycles. The molecule has 2 atom stereocenters. The van der Waals surface area contributed by atoms with Crippen LogP contribution in [0.3, 0.4) is 0 Å². The first-order valence-corrected chi connectivity index (χ1v) is 6.97. The van der Waals surface area contributed by atoms with Gasteiger partial charge >= 0.3 is 5.97 Å². The van der Waals surface area contributed by atoms with Gasteiger partial charge in [-0.2, -0.15) is 0 Å². The molecule has 0 aliphatic heterocycles. The fourth-order valence-corrected chi connectivity index (χ4v) is 2.81. The first-order valence-electron chi connectivity index (χ1n) is 6.59. The molecular formula is C15H18ClNO3. The molecular weight excluding hydrogens is 278 g/mol. The van der Waals surface area contributed by atoms with Gasteiger partial charge in [0.2, 0.25) is 5.91 Å². The number of aliphatic carboxylic acids is 1. The minimum absolute atomic E-state index is 0.170. The van der Waals surface area contributed by atoms with Crippen LogP contribution in [0.4, 0.5) is 0 Å². The van der Waals surface area contributed by atoms with E-state index in [-0.39, 0.29) is 5.91 Å². The largest absolute Gasteiger partial charge is 0.481 e. The summed E-state index contributed by atoms with van der Waals surface area (Å²) in [6.45, 7) is 4.13. The summed E-state index contributed by atoms with van der Waals surface area (Å²) in [6, 6.07) is 7.44. The van der Waals surface area contributed by atoms with Crippen molar-refractivity contribution in [3.8, 4) is 0 Å². The molecule has 20 heavy (non-hydrogen) atoms. The van der Waals surface area contributed by atoms with Gasteiger partial charge in [-0.3, -0.25) is 9.59 Å². The highest BCUT2D eigenvalue weighted by atomic mass is 35.5. The summed E-state index contributed by atoms with van der Waals surface area (Å²) >= 11 is 5.80. The van der Waals surface area contributed by atoms with E-state index in [4.69, 9.17) is 16.7 Å². The quantitative estimate of drug-likeness (QED) is 0.876. The highest BCUT2D eigenvalue weighted by Crippen LogP contribution is 2.58. The zero-order valence-electron chi connectivity index (χ0n) is 11.5. The van der Waals surface area contributed by atoms with E-state index in [1.165, 1.54) is 0 Å². The lowest BCUT2D eigenvalue weighted by Gasteiger charge is -2.06. The second kappa shape index (κ2) is 5.44. The van der Waals surface area contributed by atoms with E-state index in [2.05, 4.69) is 5.32 Å². The van der Waals surface area contributed by atoms with Crippen molar-refractivity contribution in [2.75, 3.05) is 6.54 Å². The Morgan fingerprint density at radius 3 is 2.35 bits per heavy atom. The van der Waals surface area contributed by atoms with Gasteiger partial charge in [0.1, 0.15) is 0 Å². The maximum atomic E-state index is 12.0. The van der Waals surface area contributed by atoms with E-state index in [0.29, 0.717) is 18.0 Å². The number of carboxylic acids is 1. The van der Waals surface area contributed by atoms with E-state index in [9.17, 15) is 9.59 Å². The highest BCUT2D eigenvalue weighted by molar-refractivity contribution is 6.30. The Kier molecular flexibility index (Phi) is 4.04. The van der Waals surface area contributed by atoms with Crippen LogP contribution in [0.2, 0.25) is 5.02 Å². The maximum absolute atomic E-state index is 12.0. The zero-order valence-corrected chi connectivity index (χ0v) is 12.3. The van der Waals surface area contributed by atoms with Crippen molar-refractivity contribution >= 4 is 23.5 Å². The smallest absolute Gasteiger partial charge is 0.307 e. The second-order valence-electron chi connectivity index (χ2n) is 5.78. The lowest BCUT2D eigenvalue weighted by atomic mass is 10.1. The van der Waals surface area contributed by atoms with E-state index >= 15 is 0 Å². The predicted molar refractivity (Wildman–Crippen MR) is 76.6 cm³/mol. The summed E-state index contributed by atoms with van der Waals surface area (Å²) in [4.78, 5) is 23.0. The standard InChI is InChI=1S/C15H18ClNO3/c1-15(2)11(12(15)14(19)20)13(18)17-8-7-9-3-5-10(16)6-4-9/h3-6,11-12H,7-8H2,1-2H3,(H,17,18)(H,19,20). The molecule has 2 N–H and O–H groups in total. The summed E-state index contributed by atoms with van der Waals surface area (Å²) in [5.41, 5.74) is 0.635. The molecule has 2 unspecified atom stereocenters. The van der Waals surface area contributed by atoms with Crippen LogP contribution < -0.4 is 5.32 Å². The molecule has 0 bridgehead atoms. The lowest BCUT2D eigenvalue weighted by Crippen LogP contribution is -2.29. The Bertz CT molecular complexity index is 524. The number of rotatable bonds is 5. The van der Waals surface area contributed by atoms with Crippen LogP contribution in [0.1, 0.15) is 19.4 Å². The molecule has 1 amide bonds. The normalized spacial score (nSPS) is 23.1. The summed E-state index contributed by atoms with van der Waals surface area (Å²) < 4.78 is 0. The van der Waals surface area contributed by atoms with E-state index in [0.717, 1.165) is 5.56 Å². The van der Waals surface area contributed by atoms with Crippen LogP contribution in [0.5, 0.6) is 0 Å². The average molecular weight is 296 g/mol. The van der Waals surface area contributed by atoms with Crippen LogP contribution >= 0.6 is 11.6 Å². The van der Waals surface area contributed by atoms with Gasteiger partial charge in [0, 0.05) is 11.6 Å². The topological polar surface area (TPSA) is 66.4 Å². The third-order valence-electron chi connectivity index (χ3n) is 4.00. The van der Waals surface area contributed by atoms with E-state index < -0.39 is 23.2 Å². The first-order chi connectivity index (χ1) is 9.34. The molecule has 5 heteroatoms. The number of amides is 1. The Morgan fingerprint density at radius 1 is 1.25 bits per heavy atom. The number of carboxylic acid groups (broad SMARTS) is 1. The third-order valence-corrected chi connectivity index (χ3v) is 4.25. The molecule has 1 aliphatic carbocycles. The van der Waals surface area contributed by atoms with E-state index in [1.807, 2.05) is 38.1 Å². The Labute approximate surface area is 123 Å². The molecule has 108 valence electrons. The summed E-state index contributed by atoms with van der Waals surface area (Å²) in [5, 5.41) is 12.5. The maximum Gasteiger partial charge on any atom is 0.307 e. The highest BCUT2D eigenvalue weighted by Gasteiger charge is 2.65. The average Bonchev–Trinajstić information content (AvgIpc) is 2.95. The number of hydrogen-bond donors (Lipinski definition) is 2. The third kappa shape index (κ3) is 2.96. The van der Waals surface area contributed by atoms with Crippen molar-refractivity contribution in [1.29, 1.82) is 0 Å². The van der Waals surface area contributed by atoms with E-state index in [1.54, 1.807) is 0 Å². The second-order valence-corrected chi connectivity index (χ2v) is 6.22. The summed E-state index contributed by atoms with van der Waals surface area (Å²) in [6.07, 6.45) is 0.702. The van der Waals surface area contributed by atoms with Crippen molar-refractivity contribution in [2.24, 2.45) is 17.3 Å². The predicted octanol–water partition coefficient (Wildman–Crippen LogP) is 2.36. The zero-order chi connectivity index (χ0) is 14.9. The lowest BCUT2D eigenvalue weighted by molar-refractivity contribution is -0.140. The van der Waals surface area contributed by atoms with Crippen LogP contribution in [-0.4, -0.2) is 23.5 Å². The molecule has 1 saturated carbocycles. The molecule has 2 rings (SSSR count). The number of benzene rings is 1. The summed E-state index contributed by atoms with van der Waals surface area (Å²) in [7, 11) is 0. The molecule has 0 aromatic heterocycles. The van der Waals surface area contributed by atoms with Crippen molar-refractivity contribution in [2.45, 2.75) is 20.3 Å². The van der Waals surface area contributed by atoms with Crippen LogP contribution in [0.15, 0.2) is 24.3 Å². The van der Waals surface area contributed by atoms with Crippen LogP contribution in [-0.2, 0) is 16.0 Å². The Morgan fingerprint density at radius 2 is 1.85 bits per heavy atom. The number of carbonyl (C=O) groups is 2. The molecule has 1 aromatic carbocycles. The van der Waals surface area contributed by atoms with Crippen molar-refractivity contribution in [1.82, 2.24) is 5.32 Å². The van der Waals surface area contributed by atoms with Gasteiger partial charge in [0.25, 0.3) is 0 Å². The minimum Gasteiger partial charge on any atom is -0.481 e. The Hall–Kier alpha value is -1.55. The van der Waals surface area contributed by atoms with Crippen molar-refractivity contribution < 1.29 is 14.7 Å². The molecule has 1 fully saturated rings. The van der Waals surface area contributed by atoms with Gasteiger partial charge in [0.15, 0.2) is 0 Å². The number of halogens is 1. The van der Waals surface area contributed by atoms with Crippen molar-refractivity contribution in [3.05, 3.63) is 34.9 Å². The fourth-order valence-electron chi connectivity index (χ4n) is 2.68. The molecule has 1 aromatic rings. The molecule has 0 radical (unpaired) electrons. The van der Waals surface area contributed by atoms with Crippen LogP contribution in [0.25, 0.3) is 0 Å². The molecule has 4 nitrogen and oxygen atoms in total. The number of nitrogens with one attached hydrogen (secondary N) is 1. The minimum atomic E-state index is -0.896. The molecule has 0 heterocycles. The van der Waals surface area contributed by atoms with Gasteiger partial charge in [-0.25, -0.2) is 0 Å². The number of hydrogen-bond acceptors (Lipinski definition) is 2. The SMILES string of the molecule is CC1(C)C(C(=O)O)C1C(=O)NCCc1ccc(Cl)cc1. The van der Waals surface area contributed by atoms with Crippen molar-refractivity contribution in [3.63, 3.8) is 0 Å². The van der Waals surface area contributed by atoms with Gasteiger partial charge in [-0.15, -0.1) is 0 Å².